The molecule has 0 spiro atoms. The van der Waals surface area contributed by atoms with Gasteiger partial charge >= 0.3 is 0 Å². The number of halogens is 1. The Hall–Kier alpha value is -2.25. The van der Waals surface area contributed by atoms with Crippen molar-refractivity contribution in [2.45, 2.75) is 6.92 Å². The van der Waals surface area contributed by atoms with Gasteiger partial charge < -0.3 is 5.73 Å². The maximum absolute atomic E-state index is 8.81. The van der Waals surface area contributed by atoms with E-state index in [4.69, 9.17) is 22.6 Å². The average Bonchev–Trinajstić information content (AvgIpc) is 2.76. The molecule has 0 fully saturated rings. The Bertz CT molecular complexity index is 645. The standard InChI is InChI=1S/C13H11ClN4/c1-9(16)8-18-5-4-13(17-18)10-2-3-11(7-15)12(14)6-10/h2-6,8H,16H2,1H3/b9-8+. The van der Waals surface area contributed by atoms with Gasteiger partial charge in [-0.1, -0.05) is 17.7 Å². The van der Waals surface area contributed by atoms with Crippen molar-refractivity contribution in [3.63, 3.8) is 0 Å². The predicted molar refractivity (Wildman–Crippen MR) is 71.5 cm³/mol. The lowest BCUT2D eigenvalue weighted by atomic mass is 10.1. The van der Waals surface area contributed by atoms with Crippen molar-refractivity contribution >= 4 is 17.8 Å². The zero-order valence-corrected chi connectivity index (χ0v) is 10.5. The summed E-state index contributed by atoms with van der Waals surface area (Å²) in [6.45, 7) is 1.79. The molecule has 0 bridgehead atoms. The number of aromatic nitrogens is 2. The largest absolute Gasteiger partial charge is 0.401 e. The fraction of sp³-hybridized carbons (Fsp3) is 0.0769. The molecule has 0 aliphatic rings. The zero-order chi connectivity index (χ0) is 13.1. The lowest BCUT2D eigenvalue weighted by Gasteiger charge is -1.99. The summed E-state index contributed by atoms with van der Waals surface area (Å²) in [5.74, 6) is 0. The van der Waals surface area contributed by atoms with Crippen LogP contribution in [0, 0.1) is 11.3 Å². The molecule has 0 saturated heterocycles. The third-order valence-corrected chi connectivity index (χ3v) is 2.64. The molecule has 2 aromatic rings. The van der Waals surface area contributed by atoms with Gasteiger partial charge in [0.05, 0.1) is 16.3 Å². The molecule has 4 nitrogen and oxygen atoms in total. The fourth-order valence-electron chi connectivity index (χ4n) is 1.54. The van der Waals surface area contributed by atoms with Crippen LogP contribution in [0.1, 0.15) is 12.5 Å². The normalized spacial score (nSPS) is 11.3. The third kappa shape index (κ3) is 2.53. The summed E-state index contributed by atoms with van der Waals surface area (Å²) in [7, 11) is 0. The monoisotopic (exact) mass is 258 g/mol. The Labute approximate surface area is 110 Å². The van der Waals surface area contributed by atoms with Crippen LogP contribution in [0.15, 0.2) is 36.2 Å². The van der Waals surface area contributed by atoms with E-state index in [9.17, 15) is 0 Å². The minimum Gasteiger partial charge on any atom is -0.401 e. The van der Waals surface area contributed by atoms with Crippen molar-refractivity contribution < 1.29 is 0 Å². The second-order valence-corrected chi connectivity index (χ2v) is 4.27. The molecule has 5 heteroatoms. The zero-order valence-electron chi connectivity index (χ0n) is 9.76. The van der Waals surface area contributed by atoms with Gasteiger partial charge in [-0.15, -0.1) is 0 Å². The minimum atomic E-state index is 0.426. The molecule has 90 valence electrons. The van der Waals surface area contributed by atoms with Crippen molar-refractivity contribution in [3.05, 3.63) is 46.7 Å². The topological polar surface area (TPSA) is 67.6 Å². The Balaban J connectivity index is 2.38. The molecule has 2 rings (SSSR count). The van der Waals surface area contributed by atoms with E-state index in [0.29, 0.717) is 16.3 Å². The SMILES string of the molecule is C/C(N)=C\n1ccc(-c2ccc(C#N)c(Cl)c2)n1. The van der Waals surface area contributed by atoms with Crippen LogP contribution in [0.2, 0.25) is 5.02 Å². The number of hydrogen-bond donors (Lipinski definition) is 1. The molecule has 0 aliphatic heterocycles. The third-order valence-electron chi connectivity index (χ3n) is 2.33. The van der Waals surface area contributed by atoms with Gasteiger partial charge in [0.1, 0.15) is 6.07 Å². The molecule has 0 atom stereocenters. The Morgan fingerprint density at radius 2 is 2.28 bits per heavy atom. The van der Waals surface area contributed by atoms with Gasteiger partial charge in [0.2, 0.25) is 0 Å². The number of allylic oxidation sites excluding steroid dienone is 1. The van der Waals surface area contributed by atoms with E-state index in [1.165, 1.54) is 0 Å². The van der Waals surface area contributed by atoms with E-state index in [1.807, 2.05) is 18.2 Å². The van der Waals surface area contributed by atoms with Gasteiger partial charge in [0, 0.05) is 23.7 Å². The van der Waals surface area contributed by atoms with Crippen LogP contribution in [-0.4, -0.2) is 9.78 Å². The molecule has 0 amide bonds. The summed E-state index contributed by atoms with van der Waals surface area (Å²) in [5.41, 5.74) is 8.34. The molecule has 1 aromatic carbocycles. The number of nitriles is 1. The average molecular weight is 259 g/mol. The molecular weight excluding hydrogens is 248 g/mol. The van der Waals surface area contributed by atoms with Crippen LogP contribution < -0.4 is 5.73 Å². The van der Waals surface area contributed by atoms with E-state index >= 15 is 0 Å². The summed E-state index contributed by atoms with van der Waals surface area (Å²) >= 11 is 5.98. The van der Waals surface area contributed by atoms with Crippen molar-refractivity contribution in [1.82, 2.24) is 9.78 Å². The minimum absolute atomic E-state index is 0.426. The molecule has 1 heterocycles. The highest BCUT2D eigenvalue weighted by Crippen LogP contribution is 2.24. The second-order valence-electron chi connectivity index (χ2n) is 3.86. The van der Waals surface area contributed by atoms with E-state index in [-0.39, 0.29) is 0 Å². The van der Waals surface area contributed by atoms with Gasteiger partial charge in [-0.3, -0.25) is 0 Å². The van der Waals surface area contributed by atoms with Crippen LogP contribution >= 0.6 is 11.6 Å². The van der Waals surface area contributed by atoms with Crippen molar-refractivity contribution in [2.24, 2.45) is 5.73 Å². The summed E-state index contributed by atoms with van der Waals surface area (Å²) < 4.78 is 1.64. The molecular formula is C13H11ClN4. The second kappa shape index (κ2) is 4.94. The first-order valence-electron chi connectivity index (χ1n) is 5.29. The first-order chi connectivity index (χ1) is 8.60. The van der Waals surface area contributed by atoms with Crippen molar-refractivity contribution in [2.75, 3.05) is 0 Å². The van der Waals surface area contributed by atoms with Crippen LogP contribution in [0.5, 0.6) is 0 Å². The number of benzene rings is 1. The van der Waals surface area contributed by atoms with E-state index < -0.39 is 0 Å². The summed E-state index contributed by atoms with van der Waals surface area (Å²) in [4.78, 5) is 0. The first-order valence-corrected chi connectivity index (χ1v) is 5.67. The van der Waals surface area contributed by atoms with Crippen molar-refractivity contribution in [3.8, 4) is 17.3 Å². The highest BCUT2D eigenvalue weighted by Gasteiger charge is 2.05. The first kappa shape index (κ1) is 12.2. The van der Waals surface area contributed by atoms with Crippen LogP contribution in [0.25, 0.3) is 17.5 Å². The Kier molecular flexibility index (Phi) is 3.35. The van der Waals surface area contributed by atoms with Crippen molar-refractivity contribution in [1.29, 1.82) is 5.26 Å². The summed E-state index contributed by atoms with van der Waals surface area (Å²) in [6.07, 6.45) is 3.52. The molecule has 0 saturated carbocycles. The van der Waals surface area contributed by atoms with Crippen LogP contribution in [0.4, 0.5) is 0 Å². The van der Waals surface area contributed by atoms with Crippen LogP contribution in [-0.2, 0) is 0 Å². The molecule has 0 radical (unpaired) electrons. The van der Waals surface area contributed by atoms with E-state index in [2.05, 4.69) is 5.10 Å². The van der Waals surface area contributed by atoms with Crippen LogP contribution in [0.3, 0.4) is 0 Å². The van der Waals surface area contributed by atoms with Gasteiger partial charge in [-0.05, 0) is 25.1 Å². The molecule has 2 N–H and O–H groups in total. The summed E-state index contributed by atoms with van der Waals surface area (Å²) in [6, 6.07) is 9.10. The predicted octanol–water partition coefficient (Wildman–Crippen LogP) is 2.85. The van der Waals surface area contributed by atoms with Gasteiger partial charge in [-0.25, -0.2) is 4.68 Å². The number of nitrogens with two attached hydrogens (primary N) is 1. The van der Waals surface area contributed by atoms with E-state index in [1.54, 1.807) is 36.1 Å². The van der Waals surface area contributed by atoms with E-state index in [0.717, 1.165) is 11.3 Å². The van der Waals surface area contributed by atoms with Gasteiger partial charge in [0.15, 0.2) is 0 Å². The Morgan fingerprint density at radius 3 is 2.89 bits per heavy atom. The number of rotatable bonds is 2. The highest BCUT2D eigenvalue weighted by atomic mass is 35.5. The smallest absolute Gasteiger partial charge is 0.101 e. The maximum atomic E-state index is 8.81. The maximum Gasteiger partial charge on any atom is 0.101 e. The number of hydrogen-bond acceptors (Lipinski definition) is 3. The quantitative estimate of drug-likeness (QED) is 0.901. The lowest BCUT2D eigenvalue weighted by Crippen LogP contribution is -1.95. The molecule has 1 aromatic heterocycles. The van der Waals surface area contributed by atoms with Gasteiger partial charge in [0.25, 0.3) is 0 Å². The summed E-state index contributed by atoms with van der Waals surface area (Å²) in [5, 5.41) is 13.6. The molecule has 18 heavy (non-hydrogen) atoms. The number of nitrogens with zero attached hydrogens (tertiary/aromatic N) is 3. The fourth-order valence-corrected chi connectivity index (χ4v) is 1.76. The Morgan fingerprint density at radius 1 is 1.50 bits per heavy atom. The molecule has 0 aliphatic carbocycles. The van der Waals surface area contributed by atoms with Gasteiger partial charge in [-0.2, -0.15) is 10.4 Å². The highest BCUT2D eigenvalue weighted by molar-refractivity contribution is 6.32. The lowest BCUT2D eigenvalue weighted by molar-refractivity contribution is 0.929. The molecule has 0 unspecified atom stereocenters.